The zero-order valence-electron chi connectivity index (χ0n) is 14.4. The number of hydrogen-bond acceptors (Lipinski definition) is 5. The van der Waals surface area contributed by atoms with Gasteiger partial charge in [0, 0.05) is 24.5 Å². The highest BCUT2D eigenvalue weighted by Gasteiger charge is 2.30. The van der Waals surface area contributed by atoms with Gasteiger partial charge >= 0.3 is 0 Å². The van der Waals surface area contributed by atoms with Gasteiger partial charge in [0.05, 0.1) is 25.6 Å². The second-order valence-electron chi connectivity index (χ2n) is 5.69. The lowest BCUT2D eigenvalue weighted by Gasteiger charge is -2.15. The number of nitrogens with one attached hydrogen (secondary N) is 1. The van der Waals surface area contributed by atoms with Gasteiger partial charge in [-0.15, -0.1) is 0 Å². The van der Waals surface area contributed by atoms with Crippen molar-refractivity contribution in [1.29, 1.82) is 0 Å². The molecule has 1 saturated heterocycles. The van der Waals surface area contributed by atoms with Crippen LogP contribution in [0.2, 0.25) is 0 Å². The van der Waals surface area contributed by atoms with E-state index in [4.69, 9.17) is 9.47 Å². The summed E-state index contributed by atoms with van der Waals surface area (Å²) >= 11 is 0. The van der Waals surface area contributed by atoms with E-state index in [0.29, 0.717) is 28.4 Å². The van der Waals surface area contributed by atoms with Crippen molar-refractivity contribution < 1.29 is 23.9 Å². The molecular formula is C19H18N2O5. The fourth-order valence-corrected chi connectivity index (χ4v) is 2.75. The van der Waals surface area contributed by atoms with E-state index in [1.165, 1.54) is 13.2 Å². The van der Waals surface area contributed by atoms with Gasteiger partial charge in [-0.1, -0.05) is 6.07 Å². The Morgan fingerprint density at radius 3 is 2.38 bits per heavy atom. The summed E-state index contributed by atoms with van der Waals surface area (Å²) in [4.78, 5) is 37.5. The van der Waals surface area contributed by atoms with Crippen LogP contribution in [0.5, 0.6) is 11.5 Å². The minimum Gasteiger partial charge on any atom is -0.497 e. The van der Waals surface area contributed by atoms with Crippen molar-refractivity contribution in [3.8, 4) is 11.5 Å². The molecule has 0 saturated carbocycles. The number of imide groups is 1. The third-order valence-electron chi connectivity index (χ3n) is 4.07. The Hall–Kier alpha value is -3.35. The lowest BCUT2D eigenvalue weighted by Crippen LogP contribution is -2.28. The standard InChI is InChI=1S/C19H18N2O5/c1-25-14-6-7-15(16(11-14)26-2)20-19(24)12-4-3-5-13(10-12)21-17(22)8-9-18(21)23/h3-7,10-11H,8-9H2,1-2H3,(H,20,24). The number of nitrogens with zero attached hydrogens (tertiary/aromatic N) is 1. The largest absolute Gasteiger partial charge is 0.497 e. The number of methoxy groups -OCH3 is 2. The van der Waals surface area contributed by atoms with E-state index >= 15 is 0 Å². The van der Waals surface area contributed by atoms with Crippen LogP contribution in [-0.4, -0.2) is 31.9 Å². The first-order valence-corrected chi connectivity index (χ1v) is 8.02. The molecule has 2 aromatic carbocycles. The Morgan fingerprint density at radius 1 is 1.00 bits per heavy atom. The average molecular weight is 354 g/mol. The Bertz CT molecular complexity index is 862. The fraction of sp³-hybridized carbons (Fsp3) is 0.211. The van der Waals surface area contributed by atoms with Crippen molar-refractivity contribution in [1.82, 2.24) is 0 Å². The van der Waals surface area contributed by atoms with E-state index in [2.05, 4.69) is 5.32 Å². The molecule has 0 radical (unpaired) electrons. The zero-order chi connectivity index (χ0) is 18.7. The van der Waals surface area contributed by atoms with Crippen molar-refractivity contribution in [3.63, 3.8) is 0 Å². The van der Waals surface area contributed by atoms with Crippen molar-refractivity contribution in [2.75, 3.05) is 24.4 Å². The molecule has 134 valence electrons. The van der Waals surface area contributed by atoms with E-state index in [0.717, 1.165) is 4.90 Å². The van der Waals surface area contributed by atoms with Gasteiger partial charge in [-0.25, -0.2) is 0 Å². The molecule has 0 bridgehead atoms. The van der Waals surface area contributed by atoms with Gasteiger partial charge in [0.15, 0.2) is 0 Å². The predicted molar refractivity (Wildman–Crippen MR) is 95.7 cm³/mol. The number of ether oxygens (including phenoxy) is 2. The van der Waals surface area contributed by atoms with Crippen molar-refractivity contribution in [2.24, 2.45) is 0 Å². The Morgan fingerprint density at radius 2 is 1.73 bits per heavy atom. The van der Waals surface area contributed by atoms with Crippen LogP contribution in [0.1, 0.15) is 23.2 Å². The van der Waals surface area contributed by atoms with E-state index in [1.807, 2.05) is 0 Å². The topological polar surface area (TPSA) is 84.9 Å². The molecule has 1 heterocycles. The van der Waals surface area contributed by atoms with Gasteiger partial charge < -0.3 is 14.8 Å². The summed E-state index contributed by atoms with van der Waals surface area (Å²) in [5.41, 5.74) is 1.21. The van der Waals surface area contributed by atoms with Crippen LogP contribution in [0, 0.1) is 0 Å². The number of carbonyl (C=O) groups excluding carboxylic acids is 3. The van der Waals surface area contributed by atoms with Crippen LogP contribution < -0.4 is 19.7 Å². The van der Waals surface area contributed by atoms with Crippen LogP contribution in [0.3, 0.4) is 0 Å². The molecule has 7 nitrogen and oxygen atoms in total. The second-order valence-corrected chi connectivity index (χ2v) is 5.69. The third kappa shape index (κ3) is 3.37. The van der Waals surface area contributed by atoms with Crippen molar-refractivity contribution >= 4 is 29.1 Å². The summed E-state index contributed by atoms with van der Waals surface area (Å²) in [7, 11) is 3.04. The van der Waals surface area contributed by atoms with E-state index in [-0.39, 0.29) is 30.6 Å². The molecule has 2 aromatic rings. The molecular weight excluding hydrogens is 336 g/mol. The number of carbonyl (C=O) groups is 3. The molecule has 0 unspecified atom stereocenters. The quantitative estimate of drug-likeness (QED) is 0.835. The molecule has 0 aliphatic carbocycles. The molecule has 1 aliphatic rings. The molecule has 0 spiro atoms. The average Bonchev–Trinajstić information content (AvgIpc) is 3.00. The molecule has 7 heteroatoms. The molecule has 26 heavy (non-hydrogen) atoms. The van der Waals surface area contributed by atoms with Gasteiger partial charge in [0.2, 0.25) is 11.8 Å². The number of anilines is 2. The van der Waals surface area contributed by atoms with Crippen molar-refractivity contribution in [3.05, 3.63) is 48.0 Å². The molecule has 0 aromatic heterocycles. The normalized spacial score (nSPS) is 13.7. The molecule has 1 aliphatic heterocycles. The van der Waals surface area contributed by atoms with E-state index in [9.17, 15) is 14.4 Å². The van der Waals surface area contributed by atoms with Crippen molar-refractivity contribution in [2.45, 2.75) is 12.8 Å². The Labute approximate surface area is 150 Å². The monoisotopic (exact) mass is 354 g/mol. The smallest absolute Gasteiger partial charge is 0.255 e. The SMILES string of the molecule is COc1ccc(NC(=O)c2cccc(N3C(=O)CCC3=O)c2)c(OC)c1. The zero-order valence-corrected chi connectivity index (χ0v) is 14.4. The minimum atomic E-state index is -0.380. The summed E-state index contributed by atoms with van der Waals surface area (Å²) in [6, 6.07) is 11.4. The van der Waals surface area contributed by atoms with Crippen LogP contribution in [0.4, 0.5) is 11.4 Å². The molecule has 1 N–H and O–H groups in total. The summed E-state index contributed by atoms with van der Waals surface area (Å²) in [5, 5.41) is 2.76. The highest BCUT2D eigenvalue weighted by molar-refractivity contribution is 6.20. The number of hydrogen-bond donors (Lipinski definition) is 1. The van der Waals surface area contributed by atoms with E-state index in [1.54, 1.807) is 43.5 Å². The van der Waals surface area contributed by atoms with Crippen LogP contribution in [0.25, 0.3) is 0 Å². The summed E-state index contributed by atoms with van der Waals surface area (Å²) in [6.45, 7) is 0. The van der Waals surface area contributed by atoms with Gasteiger partial charge in [0.25, 0.3) is 5.91 Å². The molecule has 1 fully saturated rings. The maximum absolute atomic E-state index is 12.6. The summed E-state index contributed by atoms with van der Waals surface area (Å²) < 4.78 is 10.4. The Kier molecular flexibility index (Phi) is 4.88. The maximum atomic E-state index is 12.6. The van der Waals surface area contributed by atoms with Crippen LogP contribution in [0.15, 0.2) is 42.5 Å². The third-order valence-corrected chi connectivity index (χ3v) is 4.07. The second kappa shape index (κ2) is 7.26. The van der Waals surface area contributed by atoms with Gasteiger partial charge in [-0.05, 0) is 30.3 Å². The van der Waals surface area contributed by atoms with Gasteiger partial charge in [-0.2, -0.15) is 0 Å². The molecule has 3 amide bonds. The summed E-state index contributed by atoms with van der Waals surface area (Å²) in [6.07, 6.45) is 0.386. The lowest BCUT2D eigenvalue weighted by atomic mass is 10.1. The number of amides is 3. The first-order chi connectivity index (χ1) is 12.5. The lowest BCUT2D eigenvalue weighted by molar-refractivity contribution is -0.121. The van der Waals surface area contributed by atoms with E-state index < -0.39 is 0 Å². The van der Waals surface area contributed by atoms with Gasteiger partial charge in [0.1, 0.15) is 11.5 Å². The van der Waals surface area contributed by atoms with Crippen LogP contribution in [-0.2, 0) is 9.59 Å². The fourth-order valence-electron chi connectivity index (χ4n) is 2.75. The highest BCUT2D eigenvalue weighted by Crippen LogP contribution is 2.30. The number of benzene rings is 2. The summed E-state index contributed by atoms with van der Waals surface area (Å²) in [5.74, 6) is 0.162. The first-order valence-electron chi connectivity index (χ1n) is 8.02. The minimum absolute atomic E-state index is 0.193. The Balaban J connectivity index is 1.84. The maximum Gasteiger partial charge on any atom is 0.255 e. The predicted octanol–water partition coefficient (Wildman–Crippen LogP) is 2.61. The first kappa shape index (κ1) is 17.5. The highest BCUT2D eigenvalue weighted by atomic mass is 16.5. The number of rotatable bonds is 5. The molecule has 3 rings (SSSR count). The van der Waals surface area contributed by atoms with Gasteiger partial charge in [-0.3, -0.25) is 19.3 Å². The molecule has 0 atom stereocenters. The van der Waals surface area contributed by atoms with Crippen LogP contribution >= 0.6 is 0 Å².